The van der Waals surface area contributed by atoms with Gasteiger partial charge in [0.05, 0.1) is 30.8 Å². The molecule has 0 atom stereocenters. The van der Waals surface area contributed by atoms with Gasteiger partial charge in [0, 0.05) is 13.1 Å². The Hall–Kier alpha value is -1.87. The number of rotatable bonds is 6. The van der Waals surface area contributed by atoms with Crippen LogP contribution in [0.3, 0.4) is 0 Å². The number of carbonyl (C=O) groups is 1. The molecule has 0 amide bonds. The zero-order chi connectivity index (χ0) is 14.5. The molecule has 1 rings (SSSR count). The number of nitrogen functional groups attached to an aromatic ring is 1. The highest BCUT2D eigenvalue weighted by molar-refractivity contribution is 7.88. The topological polar surface area (TPSA) is 123 Å². The lowest BCUT2D eigenvalue weighted by Gasteiger charge is -2.10. The van der Waals surface area contributed by atoms with Crippen LogP contribution in [0.25, 0.3) is 0 Å². The second kappa shape index (κ2) is 6.34. The molecule has 8 nitrogen and oxygen atoms in total. The standard InChI is InChI=1S/C10H16N4O4S/c1-18-10(15)7-5-9(11)13-6-8(7)12-3-4-14-19(2,16)17/h5-6,12,14H,3-4H2,1-2H3,(H2,11,13). The van der Waals surface area contributed by atoms with Gasteiger partial charge in [0.1, 0.15) is 5.82 Å². The number of nitrogens with one attached hydrogen (secondary N) is 2. The number of methoxy groups -OCH3 is 1. The Morgan fingerprint density at radius 3 is 2.74 bits per heavy atom. The maximum absolute atomic E-state index is 11.5. The number of carbonyl (C=O) groups excluding carboxylic acids is 1. The van der Waals surface area contributed by atoms with E-state index < -0.39 is 16.0 Å². The van der Waals surface area contributed by atoms with Crippen molar-refractivity contribution in [1.82, 2.24) is 9.71 Å². The third-order valence-corrected chi connectivity index (χ3v) is 2.86. The fraction of sp³-hybridized carbons (Fsp3) is 0.400. The number of pyridine rings is 1. The smallest absolute Gasteiger partial charge is 0.340 e. The molecule has 0 aromatic carbocycles. The summed E-state index contributed by atoms with van der Waals surface area (Å²) in [7, 11) is -1.98. The summed E-state index contributed by atoms with van der Waals surface area (Å²) in [6.45, 7) is 0.479. The minimum Gasteiger partial charge on any atom is -0.465 e. The zero-order valence-corrected chi connectivity index (χ0v) is 11.5. The fourth-order valence-corrected chi connectivity index (χ4v) is 1.80. The van der Waals surface area contributed by atoms with E-state index in [1.165, 1.54) is 19.4 Å². The molecule has 0 aliphatic carbocycles. The van der Waals surface area contributed by atoms with Crippen LogP contribution in [0.4, 0.5) is 11.5 Å². The molecule has 0 aliphatic rings. The summed E-state index contributed by atoms with van der Waals surface area (Å²) in [6, 6.07) is 1.39. The van der Waals surface area contributed by atoms with E-state index in [-0.39, 0.29) is 17.9 Å². The van der Waals surface area contributed by atoms with Crippen LogP contribution in [0.15, 0.2) is 12.3 Å². The van der Waals surface area contributed by atoms with Gasteiger partial charge in [-0.2, -0.15) is 0 Å². The number of anilines is 2. The Morgan fingerprint density at radius 1 is 1.47 bits per heavy atom. The van der Waals surface area contributed by atoms with Crippen LogP contribution >= 0.6 is 0 Å². The summed E-state index contributed by atoms with van der Waals surface area (Å²) in [6.07, 6.45) is 2.46. The van der Waals surface area contributed by atoms with Crippen molar-refractivity contribution in [3.05, 3.63) is 17.8 Å². The SMILES string of the molecule is COC(=O)c1cc(N)ncc1NCCNS(C)(=O)=O. The van der Waals surface area contributed by atoms with Gasteiger partial charge in [-0.25, -0.2) is 22.9 Å². The lowest BCUT2D eigenvalue weighted by molar-refractivity contribution is 0.0601. The van der Waals surface area contributed by atoms with E-state index in [0.29, 0.717) is 12.2 Å². The number of ether oxygens (including phenoxy) is 1. The number of hydrogen-bond donors (Lipinski definition) is 3. The number of nitrogens with zero attached hydrogens (tertiary/aromatic N) is 1. The van der Waals surface area contributed by atoms with Crippen LogP contribution in [0.1, 0.15) is 10.4 Å². The maximum atomic E-state index is 11.5. The minimum absolute atomic E-state index is 0.184. The van der Waals surface area contributed by atoms with Gasteiger partial charge in [-0.05, 0) is 6.07 Å². The van der Waals surface area contributed by atoms with Gasteiger partial charge in [0.2, 0.25) is 10.0 Å². The number of hydrogen-bond acceptors (Lipinski definition) is 7. The average molecular weight is 288 g/mol. The molecule has 4 N–H and O–H groups in total. The lowest BCUT2D eigenvalue weighted by Crippen LogP contribution is -2.28. The molecular formula is C10H16N4O4S. The molecule has 1 heterocycles. The highest BCUT2D eigenvalue weighted by atomic mass is 32.2. The first-order valence-corrected chi connectivity index (χ1v) is 7.25. The van der Waals surface area contributed by atoms with Crippen molar-refractivity contribution < 1.29 is 17.9 Å². The Kier molecular flexibility index (Phi) is 5.07. The summed E-state index contributed by atoms with van der Waals surface area (Å²) in [5.74, 6) is -0.354. The highest BCUT2D eigenvalue weighted by Crippen LogP contribution is 2.17. The molecule has 1 aromatic heterocycles. The molecule has 19 heavy (non-hydrogen) atoms. The molecule has 0 unspecified atom stereocenters. The number of nitrogens with two attached hydrogens (primary N) is 1. The van der Waals surface area contributed by atoms with Crippen LogP contribution in [-0.4, -0.2) is 45.8 Å². The van der Waals surface area contributed by atoms with Gasteiger partial charge in [0.25, 0.3) is 0 Å². The van der Waals surface area contributed by atoms with Gasteiger partial charge >= 0.3 is 5.97 Å². The number of aromatic nitrogens is 1. The summed E-state index contributed by atoms with van der Waals surface area (Å²) in [5, 5.41) is 2.88. The highest BCUT2D eigenvalue weighted by Gasteiger charge is 2.12. The van der Waals surface area contributed by atoms with E-state index in [9.17, 15) is 13.2 Å². The van der Waals surface area contributed by atoms with E-state index in [1.807, 2.05) is 0 Å². The first kappa shape index (κ1) is 15.2. The molecule has 0 fully saturated rings. The Bertz CT molecular complexity index is 559. The summed E-state index contributed by atoms with van der Waals surface area (Å²) in [5.41, 5.74) is 6.17. The Balaban J connectivity index is 2.70. The second-order valence-electron chi connectivity index (χ2n) is 3.74. The number of sulfonamides is 1. The Morgan fingerprint density at radius 2 is 2.16 bits per heavy atom. The fourth-order valence-electron chi connectivity index (χ4n) is 1.32. The second-order valence-corrected chi connectivity index (χ2v) is 5.57. The summed E-state index contributed by atoms with van der Waals surface area (Å²) < 4.78 is 28.7. The summed E-state index contributed by atoms with van der Waals surface area (Å²) in [4.78, 5) is 15.4. The molecule has 9 heteroatoms. The lowest BCUT2D eigenvalue weighted by atomic mass is 10.2. The van der Waals surface area contributed by atoms with E-state index in [1.54, 1.807) is 0 Å². The van der Waals surface area contributed by atoms with Crippen molar-refractivity contribution >= 4 is 27.5 Å². The van der Waals surface area contributed by atoms with Gasteiger partial charge in [-0.3, -0.25) is 0 Å². The first-order valence-electron chi connectivity index (χ1n) is 5.36. The third-order valence-electron chi connectivity index (χ3n) is 2.14. The van der Waals surface area contributed by atoms with Crippen LogP contribution < -0.4 is 15.8 Å². The molecule has 0 aliphatic heterocycles. The number of esters is 1. The van der Waals surface area contributed by atoms with E-state index in [4.69, 9.17) is 5.73 Å². The minimum atomic E-state index is -3.23. The normalized spacial score (nSPS) is 11.1. The van der Waals surface area contributed by atoms with Crippen molar-refractivity contribution in [2.45, 2.75) is 0 Å². The monoisotopic (exact) mass is 288 g/mol. The van der Waals surface area contributed by atoms with E-state index in [0.717, 1.165) is 6.26 Å². The molecule has 0 spiro atoms. The molecule has 106 valence electrons. The first-order chi connectivity index (χ1) is 8.83. The van der Waals surface area contributed by atoms with E-state index >= 15 is 0 Å². The van der Waals surface area contributed by atoms with Crippen molar-refractivity contribution in [2.75, 3.05) is 37.5 Å². The molecule has 0 saturated carbocycles. The van der Waals surface area contributed by atoms with Gasteiger partial charge in [-0.1, -0.05) is 0 Å². The molecule has 0 saturated heterocycles. The van der Waals surface area contributed by atoms with Gasteiger partial charge in [0.15, 0.2) is 0 Å². The third kappa shape index (κ3) is 5.10. The molecule has 0 radical (unpaired) electrons. The summed E-state index contributed by atoms with van der Waals surface area (Å²) >= 11 is 0. The van der Waals surface area contributed by atoms with Gasteiger partial charge in [-0.15, -0.1) is 0 Å². The quantitative estimate of drug-likeness (QED) is 0.472. The van der Waals surface area contributed by atoms with Crippen LogP contribution in [0.2, 0.25) is 0 Å². The van der Waals surface area contributed by atoms with E-state index in [2.05, 4.69) is 19.8 Å². The molecule has 0 bridgehead atoms. The van der Waals surface area contributed by atoms with Crippen molar-refractivity contribution in [3.63, 3.8) is 0 Å². The molecule has 1 aromatic rings. The molecular weight excluding hydrogens is 272 g/mol. The zero-order valence-electron chi connectivity index (χ0n) is 10.6. The Labute approximate surface area is 111 Å². The van der Waals surface area contributed by atoms with Crippen LogP contribution in [0, 0.1) is 0 Å². The predicted molar refractivity (Wildman–Crippen MR) is 71.3 cm³/mol. The van der Waals surface area contributed by atoms with Crippen LogP contribution in [0.5, 0.6) is 0 Å². The van der Waals surface area contributed by atoms with Gasteiger partial charge < -0.3 is 15.8 Å². The predicted octanol–water partition coefficient (Wildman–Crippen LogP) is -0.588. The average Bonchev–Trinajstić information content (AvgIpc) is 2.33. The maximum Gasteiger partial charge on any atom is 0.340 e. The van der Waals surface area contributed by atoms with Crippen molar-refractivity contribution in [1.29, 1.82) is 0 Å². The van der Waals surface area contributed by atoms with Crippen molar-refractivity contribution in [2.24, 2.45) is 0 Å². The largest absolute Gasteiger partial charge is 0.465 e. The van der Waals surface area contributed by atoms with Crippen LogP contribution in [-0.2, 0) is 14.8 Å². The van der Waals surface area contributed by atoms with Crippen molar-refractivity contribution in [3.8, 4) is 0 Å².